The maximum Gasteiger partial charge on any atom is 0.325 e. The number of nitrogens with zero attached hydrogens (tertiary/aromatic N) is 1. The molecule has 0 spiro atoms. The summed E-state index contributed by atoms with van der Waals surface area (Å²) in [6, 6.07) is 6.67. The van der Waals surface area contributed by atoms with Crippen molar-refractivity contribution in [1.82, 2.24) is 0 Å². The summed E-state index contributed by atoms with van der Waals surface area (Å²) in [5.74, 6) is -0.631. The Morgan fingerprint density at radius 1 is 1.40 bits per heavy atom. The van der Waals surface area contributed by atoms with Gasteiger partial charge >= 0.3 is 5.97 Å². The van der Waals surface area contributed by atoms with E-state index in [1.54, 1.807) is 19.1 Å². The molecule has 0 fully saturated rings. The summed E-state index contributed by atoms with van der Waals surface area (Å²) in [7, 11) is 3.18. The van der Waals surface area contributed by atoms with E-state index in [0.29, 0.717) is 18.7 Å². The number of anilines is 1. The summed E-state index contributed by atoms with van der Waals surface area (Å²) in [6.45, 7) is 2.37. The van der Waals surface area contributed by atoms with Gasteiger partial charge in [0.25, 0.3) is 0 Å². The van der Waals surface area contributed by atoms with Crippen LogP contribution in [0.4, 0.5) is 10.1 Å². The number of unbranched alkanes of at least 4 members (excludes halogenated alkanes) is 1. The van der Waals surface area contributed by atoms with Crippen LogP contribution in [-0.2, 0) is 9.53 Å². The Labute approximate surface area is 119 Å². The minimum Gasteiger partial charge on any atom is -0.468 e. The van der Waals surface area contributed by atoms with Crippen molar-refractivity contribution >= 4 is 11.7 Å². The van der Waals surface area contributed by atoms with Crippen molar-refractivity contribution in [2.24, 2.45) is 5.73 Å². The molecular weight excluding hydrogens is 259 g/mol. The van der Waals surface area contributed by atoms with E-state index in [1.165, 1.54) is 13.2 Å². The summed E-state index contributed by atoms with van der Waals surface area (Å²) in [5, 5.41) is 0. The van der Waals surface area contributed by atoms with Gasteiger partial charge in [0.05, 0.1) is 12.8 Å². The van der Waals surface area contributed by atoms with Crippen molar-refractivity contribution in [2.45, 2.75) is 31.7 Å². The van der Waals surface area contributed by atoms with Crippen LogP contribution in [0.3, 0.4) is 0 Å². The van der Waals surface area contributed by atoms with E-state index in [0.717, 1.165) is 12.8 Å². The van der Waals surface area contributed by atoms with Crippen molar-refractivity contribution in [1.29, 1.82) is 0 Å². The molecule has 0 saturated heterocycles. The van der Waals surface area contributed by atoms with E-state index in [1.807, 2.05) is 18.0 Å². The number of carbonyl (C=O) groups excluding carboxylic acids is 1. The molecule has 0 heterocycles. The number of hydrogen-bond donors (Lipinski definition) is 1. The zero-order valence-electron chi connectivity index (χ0n) is 12.4. The highest BCUT2D eigenvalue weighted by Gasteiger charge is 2.28. The van der Waals surface area contributed by atoms with E-state index in [9.17, 15) is 9.18 Å². The fourth-order valence-electron chi connectivity index (χ4n) is 2.06. The van der Waals surface area contributed by atoms with E-state index in [4.69, 9.17) is 5.73 Å². The predicted molar refractivity (Wildman–Crippen MR) is 78.1 cm³/mol. The molecule has 2 N–H and O–H groups in total. The Morgan fingerprint density at radius 2 is 2.05 bits per heavy atom. The first kappa shape index (κ1) is 16.4. The van der Waals surface area contributed by atoms with Gasteiger partial charge in [-0.2, -0.15) is 0 Å². The van der Waals surface area contributed by atoms with E-state index in [2.05, 4.69) is 4.74 Å². The van der Waals surface area contributed by atoms with Crippen molar-refractivity contribution in [3.8, 4) is 0 Å². The summed E-state index contributed by atoms with van der Waals surface area (Å²) >= 11 is 0. The third kappa shape index (κ3) is 4.49. The number of rotatable bonds is 7. The number of ether oxygens (including phenoxy) is 1. The summed E-state index contributed by atoms with van der Waals surface area (Å²) in [5.41, 5.74) is 5.50. The van der Waals surface area contributed by atoms with Gasteiger partial charge in [0.1, 0.15) is 11.4 Å². The summed E-state index contributed by atoms with van der Waals surface area (Å²) < 4.78 is 18.2. The standard InChI is InChI=1S/C15H23FN2O2/c1-15(17,14(19)20-3)10-6-7-11-18(2)13-9-5-4-8-12(13)16/h4-5,8-9H,6-7,10-11,17H2,1-3H3. The highest BCUT2D eigenvalue weighted by atomic mass is 19.1. The third-order valence-electron chi connectivity index (χ3n) is 3.36. The second-order valence-electron chi connectivity index (χ2n) is 5.24. The second-order valence-corrected chi connectivity index (χ2v) is 5.24. The molecule has 5 heteroatoms. The van der Waals surface area contributed by atoms with Crippen LogP contribution in [0.5, 0.6) is 0 Å². The lowest BCUT2D eigenvalue weighted by atomic mass is 9.96. The van der Waals surface area contributed by atoms with E-state index in [-0.39, 0.29) is 5.82 Å². The lowest BCUT2D eigenvalue weighted by molar-refractivity contribution is -0.146. The van der Waals surface area contributed by atoms with Crippen LogP contribution in [0, 0.1) is 5.82 Å². The number of hydrogen-bond acceptors (Lipinski definition) is 4. The van der Waals surface area contributed by atoms with Crippen LogP contribution >= 0.6 is 0 Å². The molecule has 0 aliphatic rings. The average molecular weight is 282 g/mol. The average Bonchev–Trinajstić information content (AvgIpc) is 2.42. The topological polar surface area (TPSA) is 55.6 Å². The monoisotopic (exact) mass is 282 g/mol. The molecule has 1 atom stereocenters. The molecule has 0 aliphatic carbocycles. The molecule has 0 saturated carbocycles. The lowest BCUT2D eigenvalue weighted by Crippen LogP contribution is -2.45. The molecule has 0 aromatic heterocycles. The summed E-state index contributed by atoms with van der Waals surface area (Å²) in [4.78, 5) is 13.3. The SMILES string of the molecule is COC(=O)C(C)(N)CCCCN(C)c1ccccc1F. The molecule has 0 bridgehead atoms. The van der Waals surface area contributed by atoms with Gasteiger partial charge in [0.15, 0.2) is 0 Å². The molecule has 4 nitrogen and oxygen atoms in total. The third-order valence-corrected chi connectivity index (χ3v) is 3.36. The Hall–Kier alpha value is -1.62. The lowest BCUT2D eigenvalue weighted by Gasteiger charge is -2.23. The van der Waals surface area contributed by atoms with Crippen LogP contribution in [0.15, 0.2) is 24.3 Å². The maximum atomic E-state index is 13.6. The normalized spacial score (nSPS) is 13.7. The smallest absolute Gasteiger partial charge is 0.325 e. The molecule has 0 radical (unpaired) electrons. The molecular formula is C15H23FN2O2. The van der Waals surface area contributed by atoms with Gasteiger partial charge in [-0.05, 0) is 38.3 Å². The van der Waals surface area contributed by atoms with Gasteiger partial charge in [-0.3, -0.25) is 4.79 Å². The van der Waals surface area contributed by atoms with Gasteiger partial charge in [-0.15, -0.1) is 0 Å². The fraction of sp³-hybridized carbons (Fsp3) is 0.533. The van der Waals surface area contributed by atoms with Crippen molar-refractivity contribution in [2.75, 3.05) is 25.6 Å². The molecule has 1 aromatic rings. The molecule has 1 rings (SSSR count). The van der Waals surface area contributed by atoms with Crippen molar-refractivity contribution in [3.05, 3.63) is 30.1 Å². The Balaban J connectivity index is 2.38. The second kappa shape index (κ2) is 7.24. The number of esters is 1. The number of carbonyl (C=O) groups is 1. The van der Waals surface area contributed by atoms with Crippen LogP contribution < -0.4 is 10.6 Å². The van der Waals surface area contributed by atoms with Crippen LogP contribution in [0.2, 0.25) is 0 Å². The van der Waals surface area contributed by atoms with Crippen LogP contribution in [-0.4, -0.2) is 32.2 Å². The van der Waals surface area contributed by atoms with Gasteiger partial charge in [0, 0.05) is 13.6 Å². The number of methoxy groups -OCH3 is 1. The summed E-state index contributed by atoms with van der Waals surface area (Å²) in [6.07, 6.45) is 2.15. The molecule has 112 valence electrons. The Kier molecular flexibility index (Phi) is 5.95. The zero-order chi connectivity index (χ0) is 15.2. The van der Waals surface area contributed by atoms with Gasteiger partial charge in [0.2, 0.25) is 0 Å². The Morgan fingerprint density at radius 3 is 2.65 bits per heavy atom. The van der Waals surface area contributed by atoms with Gasteiger partial charge in [-0.25, -0.2) is 4.39 Å². The number of halogens is 1. The van der Waals surface area contributed by atoms with E-state index < -0.39 is 11.5 Å². The molecule has 0 amide bonds. The maximum absolute atomic E-state index is 13.6. The van der Waals surface area contributed by atoms with Crippen LogP contribution in [0.1, 0.15) is 26.2 Å². The minimum absolute atomic E-state index is 0.228. The molecule has 1 unspecified atom stereocenters. The first-order valence-electron chi connectivity index (χ1n) is 6.71. The zero-order valence-corrected chi connectivity index (χ0v) is 12.4. The van der Waals surface area contributed by atoms with Gasteiger partial charge in [-0.1, -0.05) is 12.1 Å². The van der Waals surface area contributed by atoms with Gasteiger partial charge < -0.3 is 15.4 Å². The first-order chi connectivity index (χ1) is 9.38. The molecule has 0 aliphatic heterocycles. The fourth-order valence-corrected chi connectivity index (χ4v) is 2.06. The van der Waals surface area contributed by atoms with Crippen molar-refractivity contribution < 1.29 is 13.9 Å². The largest absolute Gasteiger partial charge is 0.468 e. The Bertz CT molecular complexity index is 449. The number of benzene rings is 1. The highest BCUT2D eigenvalue weighted by Crippen LogP contribution is 2.18. The molecule has 20 heavy (non-hydrogen) atoms. The number of para-hydroxylation sites is 1. The highest BCUT2D eigenvalue weighted by molar-refractivity contribution is 5.79. The predicted octanol–water partition coefficient (Wildman–Crippen LogP) is 2.32. The van der Waals surface area contributed by atoms with Crippen LogP contribution in [0.25, 0.3) is 0 Å². The first-order valence-corrected chi connectivity index (χ1v) is 6.71. The number of nitrogens with two attached hydrogens (primary N) is 1. The minimum atomic E-state index is -0.953. The quantitative estimate of drug-likeness (QED) is 0.616. The van der Waals surface area contributed by atoms with E-state index >= 15 is 0 Å². The molecule has 1 aromatic carbocycles. The van der Waals surface area contributed by atoms with Crippen molar-refractivity contribution in [3.63, 3.8) is 0 Å².